The van der Waals surface area contributed by atoms with Gasteiger partial charge in [0.15, 0.2) is 15.0 Å². The predicted molar refractivity (Wildman–Crippen MR) is 96.0 cm³/mol. The maximum Gasteiger partial charge on any atom is 0.160 e. The molecule has 0 unspecified atom stereocenters. The normalized spacial score (nSPS) is 25.9. The van der Waals surface area contributed by atoms with Gasteiger partial charge in [0.05, 0.1) is 23.6 Å². The van der Waals surface area contributed by atoms with E-state index in [9.17, 15) is 8.42 Å². The van der Waals surface area contributed by atoms with Crippen LogP contribution in [0.5, 0.6) is 0 Å². The Hall–Kier alpha value is -0.790. The Morgan fingerprint density at radius 2 is 2.09 bits per heavy atom. The molecule has 0 amide bonds. The minimum atomic E-state index is -2.95. The Labute approximate surface area is 143 Å². The van der Waals surface area contributed by atoms with Crippen LogP contribution in [0, 0.1) is 0 Å². The van der Waals surface area contributed by atoms with Gasteiger partial charge in [-0.1, -0.05) is 45.9 Å². The van der Waals surface area contributed by atoms with Crippen LogP contribution in [0.2, 0.25) is 0 Å². The van der Waals surface area contributed by atoms with Gasteiger partial charge in [-0.2, -0.15) is 0 Å². The van der Waals surface area contributed by atoms with Crippen LogP contribution < -0.4 is 0 Å². The minimum Gasteiger partial charge on any atom is -0.342 e. The Kier molecular flexibility index (Phi) is 4.66. The Bertz CT molecular complexity index is 701. The van der Waals surface area contributed by atoms with E-state index in [0.29, 0.717) is 6.54 Å². The van der Waals surface area contributed by atoms with Crippen LogP contribution in [0.15, 0.2) is 46.4 Å². The van der Waals surface area contributed by atoms with Crippen LogP contribution in [0.3, 0.4) is 0 Å². The van der Waals surface area contributed by atoms with Gasteiger partial charge in [0.2, 0.25) is 0 Å². The van der Waals surface area contributed by atoms with Crippen molar-refractivity contribution in [2.45, 2.75) is 17.8 Å². The third-order valence-electron chi connectivity index (χ3n) is 3.82. The first-order chi connectivity index (χ1) is 10.5. The lowest BCUT2D eigenvalue weighted by Gasteiger charge is -2.24. The van der Waals surface area contributed by atoms with Gasteiger partial charge in [0.1, 0.15) is 0 Å². The highest BCUT2D eigenvalue weighted by atomic mass is 79.9. The van der Waals surface area contributed by atoms with Crippen LogP contribution in [0.1, 0.15) is 5.56 Å². The van der Waals surface area contributed by atoms with Crippen LogP contribution >= 0.6 is 27.7 Å². The summed E-state index contributed by atoms with van der Waals surface area (Å²) in [7, 11) is -2.95. The number of hydrogen-bond acceptors (Lipinski definition) is 5. The van der Waals surface area contributed by atoms with E-state index < -0.39 is 9.84 Å². The first kappa shape index (κ1) is 16.1. The van der Waals surface area contributed by atoms with E-state index in [1.54, 1.807) is 11.8 Å². The van der Waals surface area contributed by atoms with E-state index >= 15 is 0 Å². The fraction of sp³-hybridized carbons (Fsp3) is 0.400. The summed E-state index contributed by atoms with van der Waals surface area (Å²) in [5.74, 6) is 1.21. The molecule has 118 valence electrons. The first-order valence-corrected chi connectivity index (χ1v) is 10.6. The Morgan fingerprint density at radius 3 is 2.77 bits per heavy atom. The molecule has 0 N–H and O–H groups in total. The summed E-state index contributed by atoms with van der Waals surface area (Å²) >= 11 is 5.10. The molecule has 4 nitrogen and oxygen atoms in total. The molecular formula is C15H17BrN2O2S2. The molecule has 0 bridgehead atoms. The number of nitrogens with zero attached hydrogens (tertiary/aromatic N) is 2. The van der Waals surface area contributed by atoms with Crippen LogP contribution in [0.4, 0.5) is 0 Å². The molecule has 22 heavy (non-hydrogen) atoms. The molecule has 1 fully saturated rings. The third-order valence-corrected chi connectivity index (χ3v) is 7.13. The standard InChI is InChI=1S/C15H17BrN2O2S2/c1-2-7-18-14-10-22(19,20)9-13(14)17-15(18)21-8-11-3-5-12(16)6-4-11/h2-6,13-14H,1,7-10H2/t13-,14-/m1/s1. The highest BCUT2D eigenvalue weighted by Gasteiger charge is 2.45. The van der Waals surface area contributed by atoms with Crippen molar-refractivity contribution < 1.29 is 8.42 Å². The van der Waals surface area contributed by atoms with Gasteiger partial charge < -0.3 is 4.90 Å². The maximum atomic E-state index is 11.8. The lowest BCUT2D eigenvalue weighted by atomic mass is 10.2. The van der Waals surface area contributed by atoms with Gasteiger partial charge in [-0.15, -0.1) is 6.58 Å². The molecule has 0 radical (unpaired) electrons. The predicted octanol–water partition coefficient (Wildman–Crippen LogP) is 2.71. The number of rotatable bonds is 4. The molecule has 7 heteroatoms. The van der Waals surface area contributed by atoms with Crippen molar-refractivity contribution >= 4 is 42.7 Å². The zero-order chi connectivity index (χ0) is 15.7. The number of benzene rings is 1. The number of amidine groups is 1. The number of hydrogen-bond donors (Lipinski definition) is 0. The zero-order valence-electron chi connectivity index (χ0n) is 12.0. The monoisotopic (exact) mass is 400 g/mol. The topological polar surface area (TPSA) is 49.7 Å². The third kappa shape index (κ3) is 3.41. The highest BCUT2D eigenvalue weighted by molar-refractivity contribution is 9.10. The van der Waals surface area contributed by atoms with Crippen molar-refractivity contribution in [3.05, 3.63) is 47.0 Å². The number of halogens is 1. The largest absolute Gasteiger partial charge is 0.342 e. The molecule has 2 heterocycles. The minimum absolute atomic E-state index is 0.0181. The molecule has 0 spiro atoms. The van der Waals surface area contributed by atoms with E-state index in [4.69, 9.17) is 0 Å². The average Bonchev–Trinajstić information content (AvgIpc) is 2.92. The van der Waals surface area contributed by atoms with E-state index in [-0.39, 0.29) is 23.6 Å². The van der Waals surface area contributed by atoms with Gasteiger partial charge in [0.25, 0.3) is 0 Å². The van der Waals surface area contributed by atoms with Gasteiger partial charge in [0, 0.05) is 16.8 Å². The molecule has 3 rings (SSSR count). The average molecular weight is 401 g/mol. The molecule has 0 aliphatic carbocycles. The molecule has 0 saturated carbocycles. The summed E-state index contributed by atoms with van der Waals surface area (Å²) in [6, 6.07) is 8.07. The van der Waals surface area contributed by atoms with Crippen molar-refractivity contribution in [3.63, 3.8) is 0 Å². The first-order valence-electron chi connectivity index (χ1n) is 7.01. The number of thioether (sulfide) groups is 1. The summed E-state index contributed by atoms with van der Waals surface area (Å²) in [5.41, 5.74) is 1.22. The SMILES string of the molecule is C=CCN1C(SCc2ccc(Br)cc2)=N[C@@H]2CS(=O)(=O)C[C@H]21. The van der Waals surface area contributed by atoms with Crippen molar-refractivity contribution in [3.8, 4) is 0 Å². The van der Waals surface area contributed by atoms with E-state index in [2.05, 4.69) is 44.5 Å². The number of aliphatic imine (C=N–C) groups is 1. The fourth-order valence-electron chi connectivity index (χ4n) is 2.79. The molecule has 1 aromatic rings. The number of fused-ring (bicyclic) bond motifs is 1. The Morgan fingerprint density at radius 1 is 1.36 bits per heavy atom. The lowest BCUT2D eigenvalue weighted by Crippen LogP contribution is -2.39. The summed E-state index contributed by atoms with van der Waals surface area (Å²) in [6.07, 6.45) is 1.81. The van der Waals surface area contributed by atoms with E-state index in [1.807, 2.05) is 18.2 Å². The quantitative estimate of drug-likeness (QED) is 0.728. The van der Waals surface area contributed by atoms with Crippen LogP contribution in [-0.2, 0) is 15.6 Å². The van der Waals surface area contributed by atoms with E-state index in [0.717, 1.165) is 15.4 Å². The second-order valence-corrected chi connectivity index (χ2v) is 9.49. The highest BCUT2D eigenvalue weighted by Crippen LogP contribution is 2.32. The zero-order valence-corrected chi connectivity index (χ0v) is 15.2. The van der Waals surface area contributed by atoms with Gasteiger partial charge in [-0.25, -0.2) is 8.42 Å². The fourth-order valence-corrected chi connectivity index (χ4v) is 6.00. The lowest BCUT2D eigenvalue weighted by molar-refractivity contribution is 0.379. The van der Waals surface area contributed by atoms with Crippen LogP contribution in [0.25, 0.3) is 0 Å². The molecule has 2 atom stereocenters. The van der Waals surface area contributed by atoms with Crippen LogP contribution in [-0.4, -0.2) is 48.6 Å². The maximum absolute atomic E-state index is 11.8. The molecule has 1 aromatic carbocycles. The summed E-state index contributed by atoms with van der Waals surface area (Å²) < 4.78 is 24.6. The Balaban J connectivity index is 1.72. The van der Waals surface area contributed by atoms with Gasteiger partial charge in [-0.3, -0.25) is 4.99 Å². The molecular weight excluding hydrogens is 384 g/mol. The second kappa shape index (κ2) is 6.37. The summed E-state index contributed by atoms with van der Waals surface area (Å²) in [4.78, 5) is 6.74. The van der Waals surface area contributed by atoms with E-state index in [1.165, 1.54) is 5.56 Å². The summed E-state index contributed by atoms with van der Waals surface area (Å²) in [6.45, 7) is 4.42. The smallest absolute Gasteiger partial charge is 0.160 e. The van der Waals surface area contributed by atoms with Crippen molar-refractivity contribution in [2.75, 3.05) is 18.1 Å². The molecule has 1 saturated heterocycles. The van der Waals surface area contributed by atoms with Gasteiger partial charge >= 0.3 is 0 Å². The summed E-state index contributed by atoms with van der Waals surface area (Å²) in [5, 5.41) is 0.938. The molecule has 2 aliphatic rings. The molecule has 2 aliphatic heterocycles. The van der Waals surface area contributed by atoms with Gasteiger partial charge in [-0.05, 0) is 17.7 Å². The van der Waals surface area contributed by atoms with Crippen molar-refractivity contribution in [2.24, 2.45) is 4.99 Å². The second-order valence-electron chi connectivity index (χ2n) is 5.48. The molecule has 0 aromatic heterocycles. The van der Waals surface area contributed by atoms with Crippen molar-refractivity contribution in [1.29, 1.82) is 0 Å². The number of sulfone groups is 1. The van der Waals surface area contributed by atoms with Crippen molar-refractivity contribution in [1.82, 2.24) is 4.90 Å².